The summed E-state index contributed by atoms with van der Waals surface area (Å²) in [5.41, 5.74) is 7.40. The quantitative estimate of drug-likeness (QED) is 0.549. The van der Waals surface area contributed by atoms with Crippen molar-refractivity contribution in [3.8, 4) is 17.3 Å². The van der Waals surface area contributed by atoms with E-state index in [9.17, 15) is 5.26 Å². The Hall–Kier alpha value is -3.72. The van der Waals surface area contributed by atoms with E-state index in [4.69, 9.17) is 4.98 Å². The number of fused-ring (bicyclic) bond motifs is 1. The van der Waals surface area contributed by atoms with E-state index < -0.39 is 0 Å². The highest BCUT2D eigenvalue weighted by Crippen LogP contribution is 2.33. The van der Waals surface area contributed by atoms with Crippen molar-refractivity contribution in [3.63, 3.8) is 0 Å². The van der Waals surface area contributed by atoms with Gasteiger partial charge in [-0.15, -0.1) is 0 Å². The smallest absolute Gasteiger partial charge is 0.173 e. The number of benzene rings is 2. The van der Waals surface area contributed by atoms with Crippen molar-refractivity contribution in [2.75, 3.05) is 24.3 Å². The van der Waals surface area contributed by atoms with Gasteiger partial charge in [-0.2, -0.15) is 5.26 Å². The van der Waals surface area contributed by atoms with E-state index in [1.54, 1.807) is 6.20 Å². The Kier molecular flexibility index (Phi) is 4.28. The molecule has 28 heavy (non-hydrogen) atoms. The summed E-state index contributed by atoms with van der Waals surface area (Å²) in [4.78, 5) is 6.82. The minimum absolute atomic E-state index is 0.514. The lowest BCUT2D eigenvalue weighted by atomic mass is 10.1. The van der Waals surface area contributed by atoms with Crippen molar-refractivity contribution in [2.24, 2.45) is 0 Å². The van der Waals surface area contributed by atoms with Crippen LogP contribution in [0.2, 0.25) is 0 Å². The largest absolute Gasteiger partial charge is 0.378 e. The number of aryl methyl sites for hydroxylation is 2. The molecule has 0 radical (unpaired) electrons. The van der Waals surface area contributed by atoms with E-state index in [-0.39, 0.29) is 0 Å². The molecule has 0 spiro atoms. The van der Waals surface area contributed by atoms with Crippen molar-refractivity contribution in [1.82, 2.24) is 14.6 Å². The first-order chi connectivity index (χ1) is 13.5. The van der Waals surface area contributed by atoms with Crippen LogP contribution in [0.5, 0.6) is 0 Å². The Morgan fingerprint density at radius 2 is 1.86 bits per heavy atom. The van der Waals surface area contributed by atoms with Crippen LogP contribution in [0.25, 0.3) is 16.9 Å². The van der Waals surface area contributed by atoms with Crippen molar-refractivity contribution in [1.29, 1.82) is 5.26 Å². The number of hydrogen-bond acceptors (Lipinski definition) is 4. The maximum absolute atomic E-state index is 9.41. The summed E-state index contributed by atoms with van der Waals surface area (Å²) < 4.78 is 1.83. The minimum Gasteiger partial charge on any atom is -0.378 e. The van der Waals surface area contributed by atoms with Gasteiger partial charge in [0.25, 0.3) is 0 Å². The van der Waals surface area contributed by atoms with E-state index in [2.05, 4.69) is 77.7 Å². The lowest BCUT2D eigenvalue weighted by Crippen LogP contribution is -2.08. The average Bonchev–Trinajstić information content (AvgIpc) is 3.23. The molecule has 0 atom stereocenters. The third kappa shape index (κ3) is 2.97. The molecular weight excluding hydrogens is 348 g/mol. The van der Waals surface area contributed by atoms with Crippen LogP contribution in [0.15, 0.2) is 48.7 Å². The fourth-order valence-electron chi connectivity index (χ4n) is 3.32. The molecule has 0 aliphatic carbocycles. The van der Waals surface area contributed by atoms with Gasteiger partial charge in [-0.25, -0.2) is 9.50 Å². The lowest BCUT2D eigenvalue weighted by Gasteiger charge is -2.14. The number of nitrogens with zero attached hydrogens (tertiary/aromatic N) is 4. The standard InChI is InChI=1S/C22H22N6/c1-14-5-10-19(15(2)11-14)25-22-20(16-6-8-18(9-7-16)27(3)4)26-21-17(12-23)13-24-28(21)22/h5-11,13,24-25H,1-4H3. The van der Waals surface area contributed by atoms with E-state index in [0.717, 1.165) is 34.0 Å². The molecule has 6 heteroatoms. The highest BCUT2D eigenvalue weighted by atomic mass is 15.3. The van der Waals surface area contributed by atoms with Crippen LogP contribution in [0.1, 0.15) is 16.7 Å². The molecule has 2 aromatic heterocycles. The highest BCUT2D eigenvalue weighted by Gasteiger charge is 2.19. The van der Waals surface area contributed by atoms with Crippen LogP contribution in [0.4, 0.5) is 17.2 Å². The van der Waals surface area contributed by atoms with E-state index in [1.165, 1.54) is 5.56 Å². The zero-order valence-electron chi connectivity index (χ0n) is 16.4. The maximum Gasteiger partial charge on any atom is 0.173 e. The first-order valence-electron chi connectivity index (χ1n) is 9.10. The Morgan fingerprint density at radius 3 is 2.50 bits per heavy atom. The monoisotopic (exact) mass is 370 g/mol. The number of imidazole rings is 1. The van der Waals surface area contributed by atoms with Gasteiger partial charge >= 0.3 is 0 Å². The topological polar surface area (TPSA) is 72.2 Å². The zero-order valence-corrected chi connectivity index (χ0v) is 16.4. The normalized spacial score (nSPS) is 10.8. The van der Waals surface area contributed by atoms with Gasteiger partial charge in [0, 0.05) is 37.2 Å². The molecule has 0 saturated carbocycles. The van der Waals surface area contributed by atoms with Crippen LogP contribution in [-0.2, 0) is 0 Å². The summed E-state index contributed by atoms with van der Waals surface area (Å²) in [7, 11) is 4.03. The van der Waals surface area contributed by atoms with Gasteiger partial charge in [-0.1, -0.05) is 29.8 Å². The molecule has 0 amide bonds. The van der Waals surface area contributed by atoms with Crippen molar-refractivity contribution in [3.05, 3.63) is 65.4 Å². The molecule has 0 saturated heterocycles. The summed E-state index contributed by atoms with van der Waals surface area (Å²) in [5, 5.41) is 16.1. The van der Waals surface area contributed by atoms with Gasteiger partial charge in [-0.05, 0) is 37.6 Å². The SMILES string of the molecule is Cc1ccc(Nc2c(-c3ccc(N(C)C)cc3)nc3c(C#N)c[nH]n23)c(C)c1. The highest BCUT2D eigenvalue weighted by molar-refractivity contribution is 5.82. The van der Waals surface area contributed by atoms with Crippen LogP contribution < -0.4 is 10.2 Å². The van der Waals surface area contributed by atoms with Gasteiger partial charge in [0.15, 0.2) is 11.5 Å². The maximum atomic E-state index is 9.41. The second-order valence-corrected chi connectivity index (χ2v) is 7.15. The molecule has 4 aromatic rings. The third-order valence-corrected chi connectivity index (χ3v) is 4.87. The van der Waals surface area contributed by atoms with Crippen LogP contribution in [0.3, 0.4) is 0 Å². The Bertz CT molecular complexity index is 1190. The van der Waals surface area contributed by atoms with E-state index in [0.29, 0.717) is 11.2 Å². The predicted molar refractivity (Wildman–Crippen MR) is 113 cm³/mol. The van der Waals surface area contributed by atoms with Crippen molar-refractivity contribution >= 4 is 22.8 Å². The summed E-state index contributed by atoms with van der Waals surface area (Å²) in [5.74, 6) is 0.807. The molecule has 0 unspecified atom stereocenters. The fourth-order valence-corrected chi connectivity index (χ4v) is 3.32. The first-order valence-corrected chi connectivity index (χ1v) is 9.10. The molecule has 0 fully saturated rings. The van der Waals surface area contributed by atoms with Gasteiger partial charge in [0.05, 0.1) is 0 Å². The van der Waals surface area contributed by atoms with E-state index in [1.807, 2.05) is 18.6 Å². The third-order valence-electron chi connectivity index (χ3n) is 4.87. The molecule has 6 nitrogen and oxygen atoms in total. The number of aromatic amines is 1. The molecule has 140 valence electrons. The number of nitrogens with one attached hydrogen (secondary N) is 2. The number of H-pyrrole nitrogens is 1. The molecule has 0 aliphatic heterocycles. The molecule has 2 heterocycles. The van der Waals surface area contributed by atoms with Crippen LogP contribution in [0, 0.1) is 25.2 Å². The lowest BCUT2D eigenvalue weighted by molar-refractivity contribution is 0.979. The second kappa shape index (κ2) is 6.78. The van der Waals surface area contributed by atoms with Gasteiger partial charge in [0.1, 0.15) is 17.3 Å². The molecule has 0 aliphatic rings. The summed E-state index contributed by atoms with van der Waals surface area (Å²) in [6.45, 7) is 4.16. The van der Waals surface area contributed by atoms with Gasteiger partial charge in [0.2, 0.25) is 0 Å². The summed E-state index contributed by atoms with van der Waals surface area (Å²) in [6.07, 6.45) is 1.68. The molecular formula is C22H22N6. The van der Waals surface area contributed by atoms with Crippen molar-refractivity contribution in [2.45, 2.75) is 13.8 Å². The predicted octanol–water partition coefficient (Wildman–Crippen LogP) is 4.63. The molecule has 2 aromatic carbocycles. The minimum atomic E-state index is 0.514. The summed E-state index contributed by atoms with van der Waals surface area (Å²) in [6, 6.07) is 16.7. The molecule has 2 N–H and O–H groups in total. The Morgan fingerprint density at radius 1 is 1.11 bits per heavy atom. The first kappa shape index (κ1) is 17.7. The second-order valence-electron chi connectivity index (χ2n) is 7.15. The molecule has 0 bridgehead atoms. The Labute approximate surface area is 164 Å². The fraction of sp³-hybridized carbons (Fsp3) is 0.182. The number of aromatic nitrogens is 3. The number of anilines is 3. The zero-order chi connectivity index (χ0) is 19.8. The summed E-state index contributed by atoms with van der Waals surface area (Å²) >= 11 is 0. The van der Waals surface area contributed by atoms with Crippen molar-refractivity contribution < 1.29 is 0 Å². The van der Waals surface area contributed by atoms with Gasteiger partial charge in [-0.3, -0.25) is 5.10 Å². The molecule has 4 rings (SSSR count). The average molecular weight is 370 g/mol. The number of hydrogen-bond donors (Lipinski definition) is 2. The van der Waals surface area contributed by atoms with Crippen LogP contribution >= 0.6 is 0 Å². The van der Waals surface area contributed by atoms with Gasteiger partial charge < -0.3 is 10.2 Å². The number of nitriles is 1. The van der Waals surface area contributed by atoms with Crippen LogP contribution in [-0.4, -0.2) is 28.7 Å². The number of rotatable bonds is 4. The van der Waals surface area contributed by atoms with E-state index >= 15 is 0 Å². The Balaban J connectivity index is 1.86.